The summed E-state index contributed by atoms with van der Waals surface area (Å²) < 4.78 is 0. The lowest BCUT2D eigenvalue weighted by molar-refractivity contribution is -0.136. The second-order valence-electron chi connectivity index (χ2n) is 7.02. The van der Waals surface area contributed by atoms with Gasteiger partial charge in [-0.25, -0.2) is 0 Å². The first-order valence-electron chi connectivity index (χ1n) is 9.31. The number of carbonyl (C=O) groups excluding carboxylic acids is 3. The van der Waals surface area contributed by atoms with Gasteiger partial charge in [0.15, 0.2) is 0 Å². The summed E-state index contributed by atoms with van der Waals surface area (Å²) in [5.41, 5.74) is 4.41. The number of anilines is 2. The highest BCUT2D eigenvalue weighted by molar-refractivity contribution is 6.39. The summed E-state index contributed by atoms with van der Waals surface area (Å²) in [6.45, 7) is 0.924. The Balaban J connectivity index is 1.46. The number of hydrogen-bond donors (Lipinski definition) is 2. The van der Waals surface area contributed by atoms with Crippen molar-refractivity contribution in [3.8, 4) is 0 Å². The van der Waals surface area contributed by atoms with Gasteiger partial charge in [-0.15, -0.1) is 0 Å². The van der Waals surface area contributed by atoms with E-state index in [-0.39, 0.29) is 12.5 Å². The van der Waals surface area contributed by atoms with Crippen LogP contribution in [0.4, 0.5) is 11.4 Å². The van der Waals surface area contributed by atoms with Crippen LogP contribution in [0.25, 0.3) is 0 Å². The van der Waals surface area contributed by atoms with Gasteiger partial charge in [-0.2, -0.15) is 0 Å². The SMILES string of the molecule is O=C(NCc1ccccc1Cl)C(=O)Nc1cc2c3c(c1)CCC(=O)N3CCC2. The molecule has 144 valence electrons. The van der Waals surface area contributed by atoms with Gasteiger partial charge in [0.25, 0.3) is 0 Å². The van der Waals surface area contributed by atoms with E-state index in [1.54, 1.807) is 18.2 Å². The summed E-state index contributed by atoms with van der Waals surface area (Å²) in [6, 6.07) is 10.9. The van der Waals surface area contributed by atoms with E-state index in [2.05, 4.69) is 10.6 Å². The minimum atomic E-state index is -0.723. The highest BCUT2D eigenvalue weighted by Gasteiger charge is 2.30. The average Bonchev–Trinajstić information content (AvgIpc) is 2.69. The summed E-state index contributed by atoms with van der Waals surface area (Å²) in [5, 5.41) is 5.80. The fourth-order valence-corrected chi connectivity index (χ4v) is 4.01. The molecule has 7 heteroatoms. The Morgan fingerprint density at radius 3 is 2.57 bits per heavy atom. The van der Waals surface area contributed by atoms with Crippen LogP contribution in [0.15, 0.2) is 36.4 Å². The number of rotatable bonds is 3. The average molecular weight is 398 g/mol. The zero-order valence-electron chi connectivity index (χ0n) is 15.3. The van der Waals surface area contributed by atoms with Crippen LogP contribution in [0.1, 0.15) is 29.5 Å². The first-order chi connectivity index (χ1) is 13.5. The molecule has 28 heavy (non-hydrogen) atoms. The molecular weight excluding hydrogens is 378 g/mol. The lowest BCUT2D eigenvalue weighted by atomic mass is 9.91. The molecule has 2 aromatic carbocycles. The van der Waals surface area contributed by atoms with E-state index in [9.17, 15) is 14.4 Å². The minimum absolute atomic E-state index is 0.157. The van der Waals surface area contributed by atoms with Gasteiger partial charge in [0.1, 0.15) is 0 Å². The minimum Gasteiger partial charge on any atom is -0.344 e. The zero-order chi connectivity index (χ0) is 19.7. The maximum atomic E-state index is 12.3. The van der Waals surface area contributed by atoms with Crippen molar-refractivity contribution in [2.75, 3.05) is 16.8 Å². The summed E-state index contributed by atoms with van der Waals surface area (Å²) in [7, 11) is 0. The van der Waals surface area contributed by atoms with Crippen molar-refractivity contribution in [3.05, 3.63) is 58.1 Å². The summed E-state index contributed by atoms with van der Waals surface area (Å²) >= 11 is 6.07. The second-order valence-corrected chi connectivity index (χ2v) is 7.43. The molecule has 0 unspecified atom stereocenters. The van der Waals surface area contributed by atoms with Gasteiger partial charge in [0.05, 0.1) is 5.69 Å². The maximum Gasteiger partial charge on any atom is 0.313 e. The predicted octanol–water partition coefficient (Wildman–Crippen LogP) is 2.82. The molecule has 4 rings (SSSR count). The Labute approximate surface area is 167 Å². The van der Waals surface area contributed by atoms with Crippen LogP contribution in [0.3, 0.4) is 0 Å². The topological polar surface area (TPSA) is 78.5 Å². The van der Waals surface area contributed by atoms with Gasteiger partial charge < -0.3 is 15.5 Å². The molecule has 3 amide bonds. The molecule has 0 aromatic heterocycles. The van der Waals surface area contributed by atoms with Crippen LogP contribution < -0.4 is 15.5 Å². The molecule has 0 atom stereocenters. The van der Waals surface area contributed by atoms with Crippen molar-refractivity contribution in [1.82, 2.24) is 5.32 Å². The van der Waals surface area contributed by atoms with Crippen molar-refractivity contribution < 1.29 is 14.4 Å². The summed E-state index contributed by atoms with van der Waals surface area (Å²) in [6.07, 6.45) is 2.88. The summed E-state index contributed by atoms with van der Waals surface area (Å²) in [4.78, 5) is 38.4. The first-order valence-corrected chi connectivity index (χ1v) is 9.69. The van der Waals surface area contributed by atoms with E-state index in [4.69, 9.17) is 11.6 Å². The number of amides is 3. The van der Waals surface area contributed by atoms with Gasteiger partial charge in [-0.05, 0) is 54.2 Å². The molecule has 2 aliphatic heterocycles. The lowest BCUT2D eigenvalue weighted by Gasteiger charge is -2.35. The van der Waals surface area contributed by atoms with Crippen LogP contribution in [0, 0.1) is 0 Å². The van der Waals surface area contributed by atoms with Gasteiger partial charge in [0.2, 0.25) is 5.91 Å². The number of hydrogen-bond acceptors (Lipinski definition) is 3. The Hall–Kier alpha value is -2.86. The first kappa shape index (κ1) is 18.5. The number of nitrogens with zero attached hydrogens (tertiary/aromatic N) is 1. The van der Waals surface area contributed by atoms with E-state index in [1.165, 1.54) is 0 Å². The van der Waals surface area contributed by atoms with Crippen LogP contribution in [-0.2, 0) is 33.8 Å². The summed E-state index contributed by atoms with van der Waals surface area (Å²) in [5.74, 6) is -1.29. The molecule has 0 spiro atoms. The normalized spacial score (nSPS) is 15.0. The molecule has 0 saturated carbocycles. The van der Waals surface area contributed by atoms with Gasteiger partial charge >= 0.3 is 11.8 Å². The van der Waals surface area contributed by atoms with E-state index in [1.807, 2.05) is 23.1 Å². The number of halogens is 1. The van der Waals surface area contributed by atoms with Crippen molar-refractivity contribution >= 4 is 40.7 Å². The standard InChI is InChI=1S/C21H20ClN3O3/c22-17-6-2-1-4-15(17)12-23-20(27)21(28)24-16-10-13-5-3-9-25-18(26)8-7-14(11-16)19(13)25/h1-2,4,6,10-11H,3,5,7-9,12H2,(H,23,27)(H,24,28). The fourth-order valence-electron chi connectivity index (χ4n) is 3.81. The Kier molecular flexibility index (Phi) is 5.05. The van der Waals surface area contributed by atoms with Crippen molar-refractivity contribution in [2.45, 2.75) is 32.2 Å². The number of nitrogens with one attached hydrogen (secondary N) is 2. The number of aryl methyl sites for hydroxylation is 2. The molecule has 2 N–H and O–H groups in total. The fraction of sp³-hybridized carbons (Fsp3) is 0.286. The van der Waals surface area contributed by atoms with Crippen LogP contribution in [-0.4, -0.2) is 24.3 Å². The molecule has 2 aliphatic rings. The molecule has 2 aromatic rings. The van der Waals surface area contributed by atoms with Gasteiger partial charge in [-0.1, -0.05) is 29.8 Å². The molecular formula is C21H20ClN3O3. The molecule has 6 nitrogen and oxygen atoms in total. The van der Waals surface area contributed by atoms with Crippen LogP contribution in [0.5, 0.6) is 0 Å². The highest BCUT2D eigenvalue weighted by Crippen LogP contribution is 2.37. The number of carbonyl (C=O) groups is 3. The molecule has 0 fully saturated rings. The quantitative estimate of drug-likeness (QED) is 0.782. The third kappa shape index (κ3) is 3.60. The Morgan fingerprint density at radius 2 is 1.79 bits per heavy atom. The van der Waals surface area contributed by atoms with E-state index >= 15 is 0 Å². The molecule has 0 bridgehead atoms. The molecule has 2 heterocycles. The van der Waals surface area contributed by atoms with Gasteiger partial charge in [-0.3, -0.25) is 14.4 Å². The van der Waals surface area contributed by atoms with E-state index in [0.29, 0.717) is 23.6 Å². The zero-order valence-corrected chi connectivity index (χ0v) is 16.0. The monoisotopic (exact) mass is 397 g/mol. The Bertz CT molecular complexity index is 956. The maximum absolute atomic E-state index is 12.3. The smallest absolute Gasteiger partial charge is 0.313 e. The van der Waals surface area contributed by atoms with E-state index in [0.717, 1.165) is 41.8 Å². The lowest BCUT2D eigenvalue weighted by Crippen LogP contribution is -2.39. The molecule has 0 aliphatic carbocycles. The van der Waals surface area contributed by atoms with Crippen molar-refractivity contribution in [2.24, 2.45) is 0 Å². The van der Waals surface area contributed by atoms with Crippen LogP contribution in [0.2, 0.25) is 5.02 Å². The van der Waals surface area contributed by atoms with Gasteiger partial charge in [0, 0.05) is 30.2 Å². The van der Waals surface area contributed by atoms with Crippen molar-refractivity contribution in [3.63, 3.8) is 0 Å². The van der Waals surface area contributed by atoms with Crippen LogP contribution >= 0.6 is 11.6 Å². The molecule has 0 saturated heterocycles. The third-order valence-electron chi connectivity index (χ3n) is 5.14. The predicted molar refractivity (Wildman–Crippen MR) is 107 cm³/mol. The largest absolute Gasteiger partial charge is 0.344 e. The number of benzene rings is 2. The van der Waals surface area contributed by atoms with E-state index < -0.39 is 11.8 Å². The molecule has 0 radical (unpaired) electrons. The third-order valence-corrected chi connectivity index (χ3v) is 5.50. The Morgan fingerprint density at radius 1 is 1.04 bits per heavy atom. The highest BCUT2D eigenvalue weighted by atomic mass is 35.5. The second kappa shape index (κ2) is 7.64. The van der Waals surface area contributed by atoms with Crippen molar-refractivity contribution in [1.29, 1.82) is 0 Å².